The number of nitrogens with two attached hydrogens (primary N) is 1. The smallest absolute Gasteiger partial charge is 0.0594 e. The van der Waals surface area contributed by atoms with Gasteiger partial charge in [0.1, 0.15) is 0 Å². The van der Waals surface area contributed by atoms with Crippen LogP contribution in [-0.2, 0) is 17.7 Å². The molecule has 26 heavy (non-hydrogen) atoms. The Bertz CT molecular complexity index is 486. The Morgan fingerprint density at radius 3 is 2.15 bits per heavy atom. The minimum Gasteiger partial charge on any atom is -0.379 e. The van der Waals surface area contributed by atoms with Crippen LogP contribution in [0.4, 0.5) is 0 Å². The molecule has 2 saturated heterocycles. The van der Waals surface area contributed by atoms with Crippen LogP contribution in [0.5, 0.6) is 0 Å². The molecule has 3 rings (SSSR count). The van der Waals surface area contributed by atoms with E-state index in [0.29, 0.717) is 6.04 Å². The number of hydrogen-bond donors (Lipinski definition) is 1. The number of hydrogen-bond acceptors (Lipinski definition) is 4. The first-order valence-corrected chi connectivity index (χ1v) is 9.58. The zero-order chi connectivity index (χ0) is 16.8. The minimum absolute atomic E-state index is 0. The second-order valence-electron chi connectivity index (χ2n) is 7.36. The van der Waals surface area contributed by atoms with Gasteiger partial charge in [-0.05, 0) is 62.9 Å². The Balaban J connectivity index is 0.00000169. The third-order valence-electron chi connectivity index (χ3n) is 5.80. The molecule has 0 amide bonds. The van der Waals surface area contributed by atoms with E-state index >= 15 is 0 Å². The van der Waals surface area contributed by atoms with Crippen molar-refractivity contribution in [2.24, 2.45) is 11.7 Å². The van der Waals surface area contributed by atoms with E-state index in [1.165, 1.54) is 37.1 Å². The fourth-order valence-corrected chi connectivity index (χ4v) is 4.11. The van der Waals surface area contributed by atoms with Crippen molar-refractivity contribution in [3.63, 3.8) is 0 Å². The maximum Gasteiger partial charge on any atom is 0.0594 e. The van der Waals surface area contributed by atoms with Crippen molar-refractivity contribution < 1.29 is 4.74 Å². The zero-order valence-corrected chi connectivity index (χ0v) is 17.6. The van der Waals surface area contributed by atoms with Crippen molar-refractivity contribution in [3.8, 4) is 0 Å². The summed E-state index contributed by atoms with van der Waals surface area (Å²) < 4.78 is 5.49. The molecule has 2 fully saturated rings. The van der Waals surface area contributed by atoms with Crippen molar-refractivity contribution in [2.75, 3.05) is 45.9 Å². The predicted molar refractivity (Wildman–Crippen MR) is 114 cm³/mol. The Hall–Kier alpha value is -0.360. The molecule has 2 aliphatic heterocycles. The van der Waals surface area contributed by atoms with Crippen molar-refractivity contribution >= 4 is 24.8 Å². The lowest BCUT2D eigenvalue weighted by Gasteiger charge is -2.41. The van der Waals surface area contributed by atoms with Crippen LogP contribution in [0.1, 0.15) is 30.9 Å². The highest BCUT2D eigenvalue weighted by atomic mass is 35.5. The van der Waals surface area contributed by atoms with Gasteiger partial charge in [0, 0.05) is 25.7 Å². The van der Waals surface area contributed by atoms with Crippen LogP contribution in [0.2, 0.25) is 0 Å². The highest BCUT2D eigenvalue weighted by Crippen LogP contribution is 2.25. The molecule has 150 valence electrons. The minimum atomic E-state index is 0. The molecule has 0 saturated carbocycles. The van der Waals surface area contributed by atoms with Crippen LogP contribution in [0, 0.1) is 5.92 Å². The summed E-state index contributed by atoms with van der Waals surface area (Å²) >= 11 is 0. The van der Waals surface area contributed by atoms with Gasteiger partial charge in [-0.2, -0.15) is 0 Å². The summed E-state index contributed by atoms with van der Waals surface area (Å²) in [4.78, 5) is 5.24. The van der Waals surface area contributed by atoms with E-state index in [9.17, 15) is 0 Å². The van der Waals surface area contributed by atoms with Gasteiger partial charge in [0.2, 0.25) is 0 Å². The van der Waals surface area contributed by atoms with E-state index in [1.54, 1.807) is 0 Å². The Morgan fingerprint density at radius 2 is 1.58 bits per heavy atom. The van der Waals surface area contributed by atoms with Crippen LogP contribution in [0.3, 0.4) is 0 Å². The van der Waals surface area contributed by atoms with Gasteiger partial charge in [0.15, 0.2) is 0 Å². The fraction of sp³-hybridized carbons (Fsp3) is 0.700. The van der Waals surface area contributed by atoms with Gasteiger partial charge in [-0.1, -0.05) is 24.3 Å². The normalized spacial score (nSPS) is 20.8. The topological polar surface area (TPSA) is 41.7 Å². The Kier molecular flexibility index (Phi) is 11.1. The summed E-state index contributed by atoms with van der Waals surface area (Å²) in [6.45, 7) is 10.7. The van der Waals surface area contributed by atoms with Crippen molar-refractivity contribution in [1.29, 1.82) is 0 Å². The molecule has 0 aliphatic carbocycles. The van der Waals surface area contributed by atoms with Crippen molar-refractivity contribution in [2.45, 2.75) is 38.8 Å². The monoisotopic (exact) mass is 403 g/mol. The molecule has 0 bridgehead atoms. The summed E-state index contributed by atoms with van der Waals surface area (Å²) in [5.41, 5.74) is 8.39. The molecule has 2 heterocycles. The molecular weight excluding hydrogens is 369 g/mol. The van der Waals surface area contributed by atoms with E-state index in [4.69, 9.17) is 10.5 Å². The van der Waals surface area contributed by atoms with Gasteiger partial charge in [0.05, 0.1) is 13.2 Å². The van der Waals surface area contributed by atoms with Gasteiger partial charge in [-0.15, -0.1) is 24.8 Å². The number of likely N-dealkylation sites (tertiary alicyclic amines) is 1. The number of morpholine rings is 1. The summed E-state index contributed by atoms with van der Waals surface area (Å²) in [5.74, 6) is 0.839. The second kappa shape index (κ2) is 12.2. The van der Waals surface area contributed by atoms with Gasteiger partial charge < -0.3 is 10.5 Å². The van der Waals surface area contributed by atoms with Gasteiger partial charge in [-0.3, -0.25) is 9.80 Å². The average molecular weight is 404 g/mol. The third-order valence-corrected chi connectivity index (χ3v) is 5.80. The first-order valence-electron chi connectivity index (χ1n) is 9.58. The molecule has 0 radical (unpaired) electrons. The van der Waals surface area contributed by atoms with Crippen LogP contribution in [0.25, 0.3) is 0 Å². The fourth-order valence-electron chi connectivity index (χ4n) is 4.11. The number of benzene rings is 1. The summed E-state index contributed by atoms with van der Waals surface area (Å²) in [6, 6.07) is 9.71. The molecule has 6 heteroatoms. The molecule has 0 aromatic heterocycles. The number of ether oxygens (including phenoxy) is 1. The standard InChI is InChI=1S/C20H33N3O.2ClH/c1-17(23-12-14-24-15-13-23)20-7-10-22(11-8-20)16-19-4-2-18(3-5-19)6-9-21;;/h2-5,17,20H,6-16,21H2,1H3;2*1H. The summed E-state index contributed by atoms with van der Waals surface area (Å²) in [6.07, 6.45) is 3.62. The van der Waals surface area contributed by atoms with E-state index in [-0.39, 0.29) is 24.8 Å². The van der Waals surface area contributed by atoms with Crippen LogP contribution in [-0.4, -0.2) is 61.8 Å². The molecular formula is C20H35Cl2N3O. The quantitative estimate of drug-likeness (QED) is 0.792. The lowest BCUT2D eigenvalue weighted by Crippen LogP contribution is -2.48. The predicted octanol–water partition coefficient (Wildman–Crippen LogP) is 2.96. The second-order valence-corrected chi connectivity index (χ2v) is 7.36. The largest absolute Gasteiger partial charge is 0.379 e. The maximum atomic E-state index is 5.62. The van der Waals surface area contributed by atoms with Crippen LogP contribution >= 0.6 is 24.8 Å². The van der Waals surface area contributed by atoms with Gasteiger partial charge in [-0.25, -0.2) is 0 Å². The average Bonchev–Trinajstić information content (AvgIpc) is 2.64. The van der Waals surface area contributed by atoms with E-state index in [0.717, 1.165) is 51.7 Å². The molecule has 1 unspecified atom stereocenters. The first-order chi connectivity index (χ1) is 11.8. The maximum absolute atomic E-state index is 5.62. The molecule has 1 aromatic carbocycles. The third kappa shape index (κ3) is 6.66. The zero-order valence-electron chi connectivity index (χ0n) is 15.9. The lowest BCUT2D eigenvalue weighted by atomic mass is 9.89. The van der Waals surface area contributed by atoms with Crippen molar-refractivity contribution in [3.05, 3.63) is 35.4 Å². The number of nitrogens with zero attached hydrogens (tertiary/aromatic N) is 2. The first kappa shape index (κ1) is 23.7. The van der Waals surface area contributed by atoms with E-state index in [1.807, 2.05) is 0 Å². The molecule has 1 atom stereocenters. The number of rotatable bonds is 6. The molecule has 1 aromatic rings. The van der Waals surface area contributed by atoms with Crippen LogP contribution < -0.4 is 5.73 Å². The highest BCUT2D eigenvalue weighted by Gasteiger charge is 2.28. The van der Waals surface area contributed by atoms with Crippen molar-refractivity contribution in [1.82, 2.24) is 9.80 Å². The Labute approximate surface area is 171 Å². The molecule has 0 spiro atoms. The van der Waals surface area contributed by atoms with Gasteiger partial charge in [0.25, 0.3) is 0 Å². The van der Waals surface area contributed by atoms with E-state index < -0.39 is 0 Å². The molecule has 4 nitrogen and oxygen atoms in total. The molecule has 2 N–H and O–H groups in total. The molecule has 2 aliphatic rings. The van der Waals surface area contributed by atoms with Gasteiger partial charge >= 0.3 is 0 Å². The summed E-state index contributed by atoms with van der Waals surface area (Å²) in [7, 11) is 0. The number of halogens is 2. The van der Waals surface area contributed by atoms with Crippen LogP contribution in [0.15, 0.2) is 24.3 Å². The number of piperidine rings is 1. The lowest BCUT2D eigenvalue weighted by molar-refractivity contribution is -0.00192. The Morgan fingerprint density at radius 1 is 1.00 bits per heavy atom. The SMILES string of the molecule is CC(C1CCN(Cc2ccc(CCN)cc2)CC1)N1CCOCC1.Cl.Cl. The van der Waals surface area contributed by atoms with E-state index in [2.05, 4.69) is 41.0 Å². The summed E-state index contributed by atoms with van der Waals surface area (Å²) in [5, 5.41) is 0. The highest BCUT2D eigenvalue weighted by molar-refractivity contribution is 5.85.